The number of aryl methyl sites for hydroxylation is 1. The summed E-state index contributed by atoms with van der Waals surface area (Å²) in [6.07, 6.45) is 1.55. The molecule has 2 rings (SSSR count). The molecular weight excluding hydrogens is 316 g/mol. The van der Waals surface area contributed by atoms with E-state index in [1.807, 2.05) is 6.92 Å². The van der Waals surface area contributed by atoms with E-state index in [4.69, 9.17) is 11.6 Å². The summed E-state index contributed by atoms with van der Waals surface area (Å²) in [5.41, 5.74) is 2.06. The van der Waals surface area contributed by atoms with Gasteiger partial charge in [-0.15, -0.1) is 0 Å². The van der Waals surface area contributed by atoms with Crippen molar-refractivity contribution in [3.63, 3.8) is 0 Å². The van der Waals surface area contributed by atoms with Gasteiger partial charge in [0.2, 0.25) is 0 Å². The van der Waals surface area contributed by atoms with Crippen molar-refractivity contribution in [2.75, 3.05) is 5.32 Å². The molecule has 0 unspecified atom stereocenters. The minimum absolute atomic E-state index is 0.203. The van der Waals surface area contributed by atoms with Crippen molar-refractivity contribution < 1.29 is 4.79 Å². The van der Waals surface area contributed by atoms with Crippen molar-refractivity contribution in [3.05, 3.63) is 57.3 Å². The molecule has 1 heterocycles. The van der Waals surface area contributed by atoms with E-state index >= 15 is 0 Å². The fourth-order valence-electron chi connectivity index (χ4n) is 1.39. The first kappa shape index (κ1) is 13.1. The number of rotatable bonds is 2. The number of anilines is 1. The van der Waals surface area contributed by atoms with Crippen LogP contribution in [0.25, 0.3) is 0 Å². The third kappa shape index (κ3) is 3.09. The van der Waals surface area contributed by atoms with E-state index in [2.05, 4.69) is 26.2 Å². The summed E-state index contributed by atoms with van der Waals surface area (Å²) < 4.78 is 0.739. The average molecular weight is 326 g/mol. The highest BCUT2D eigenvalue weighted by molar-refractivity contribution is 9.10. The highest BCUT2D eigenvalue weighted by atomic mass is 79.9. The number of amides is 1. The number of nitrogens with zero attached hydrogens (tertiary/aromatic N) is 1. The first-order valence-corrected chi connectivity index (χ1v) is 6.42. The lowest BCUT2D eigenvalue weighted by Gasteiger charge is -2.07. The Bertz CT molecular complexity index is 584. The minimum atomic E-state index is -0.203. The molecule has 1 aromatic carbocycles. The normalized spacial score (nSPS) is 10.2. The van der Waals surface area contributed by atoms with Crippen LogP contribution in [0.5, 0.6) is 0 Å². The molecule has 0 atom stereocenters. The van der Waals surface area contributed by atoms with E-state index in [1.54, 1.807) is 36.5 Å². The molecule has 5 heteroatoms. The molecule has 0 saturated heterocycles. The Morgan fingerprint density at radius 3 is 2.72 bits per heavy atom. The Morgan fingerprint density at radius 2 is 2.11 bits per heavy atom. The van der Waals surface area contributed by atoms with Crippen molar-refractivity contribution in [1.82, 2.24) is 4.98 Å². The highest BCUT2D eigenvalue weighted by Gasteiger charge is 2.08. The number of pyridine rings is 1. The molecule has 0 bridgehead atoms. The van der Waals surface area contributed by atoms with Crippen molar-refractivity contribution >= 4 is 39.1 Å². The van der Waals surface area contributed by atoms with Gasteiger partial charge in [0.1, 0.15) is 0 Å². The number of benzene rings is 1. The molecule has 2 aromatic rings. The summed E-state index contributed by atoms with van der Waals surface area (Å²) in [5, 5.41) is 3.40. The van der Waals surface area contributed by atoms with Gasteiger partial charge >= 0.3 is 0 Å². The number of nitrogens with one attached hydrogen (secondary N) is 1. The molecule has 0 aliphatic rings. The van der Waals surface area contributed by atoms with Crippen LogP contribution in [0.2, 0.25) is 5.02 Å². The summed E-state index contributed by atoms with van der Waals surface area (Å²) >= 11 is 9.18. The second-order valence-electron chi connectivity index (χ2n) is 3.77. The molecular formula is C13H10BrClN2O. The van der Waals surface area contributed by atoms with E-state index in [-0.39, 0.29) is 5.91 Å². The smallest absolute Gasteiger partial charge is 0.257 e. The van der Waals surface area contributed by atoms with Gasteiger partial charge in [-0.25, -0.2) is 0 Å². The first-order chi connectivity index (χ1) is 8.56. The fourth-order valence-corrected chi connectivity index (χ4v) is 2.17. The standard InChI is InChI=1S/C13H10BrClN2O/c1-8-2-3-9(7-16-8)13(18)17-12-5-4-10(15)6-11(12)14/h2-7H,1H3,(H,17,18). The summed E-state index contributed by atoms with van der Waals surface area (Å²) in [4.78, 5) is 16.0. The van der Waals surface area contributed by atoms with Crippen LogP contribution in [-0.2, 0) is 0 Å². The van der Waals surface area contributed by atoms with Crippen LogP contribution in [0, 0.1) is 6.92 Å². The largest absolute Gasteiger partial charge is 0.321 e. The van der Waals surface area contributed by atoms with Gasteiger partial charge in [-0.2, -0.15) is 0 Å². The van der Waals surface area contributed by atoms with E-state index < -0.39 is 0 Å². The van der Waals surface area contributed by atoms with Crippen LogP contribution in [0.15, 0.2) is 41.0 Å². The molecule has 0 aliphatic heterocycles. The third-order valence-corrected chi connectivity index (χ3v) is 3.24. The van der Waals surface area contributed by atoms with Crippen molar-refractivity contribution in [2.24, 2.45) is 0 Å². The van der Waals surface area contributed by atoms with E-state index in [9.17, 15) is 4.79 Å². The Balaban J connectivity index is 2.18. The SMILES string of the molecule is Cc1ccc(C(=O)Nc2ccc(Cl)cc2Br)cn1. The molecule has 0 saturated carbocycles. The molecule has 18 heavy (non-hydrogen) atoms. The van der Waals surface area contributed by atoms with E-state index in [0.29, 0.717) is 16.3 Å². The number of hydrogen-bond donors (Lipinski definition) is 1. The third-order valence-electron chi connectivity index (χ3n) is 2.35. The zero-order chi connectivity index (χ0) is 13.1. The Hall–Kier alpha value is -1.39. The molecule has 1 aromatic heterocycles. The maximum atomic E-state index is 12.0. The zero-order valence-electron chi connectivity index (χ0n) is 9.58. The molecule has 1 amide bonds. The van der Waals surface area contributed by atoms with Crippen LogP contribution < -0.4 is 5.32 Å². The van der Waals surface area contributed by atoms with Crippen LogP contribution in [0.4, 0.5) is 5.69 Å². The van der Waals surface area contributed by atoms with Gasteiger partial charge in [0.05, 0.1) is 11.3 Å². The van der Waals surface area contributed by atoms with Gasteiger partial charge in [-0.05, 0) is 53.2 Å². The predicted molar refractivity (Wildman–Crippen MR) is 76.1 cm³/mol. The van der Waals surface area contributed by atoms with Crippen molar-refractivity contribution in [1.29, 1.82) is 0 Å². The lowest BCUT2D eigenvalue weighted by atomic mass is 10.2. The molecule has 92 valence electrons. The van der Waals surface area contributed by atoms with Crippen LogP contribution >= 0.6 is 27.5 Å². The summed E-state index contributed by atoms with van der Waals surface area (Å²) in [5.74, 6) is -0.203. The first-order valence-electron chi connectivity index (χ1n) is 5.25. The molecule has 0 fully saturated rings. The summed E-state index contributed by atoms with van der Waals surface area (Å²) in [6, 6.07) is 8.72. The van der Waals surface area contributed by atoms with Crippen molar-refractivity contribution in [2.45, 2.75) is 6.92 Å². The molecule has 0 spiro atoms. The summed E-state index contributed by atoms with van der Waals surface area (Å²) in [7, 11) is 0. The summed E-state index contributed by atoms with van der Waals surface area (Å²) in [6.45, 7) is 1.87. The van der Waals surface area contributed by atoms with Gasteiger partial charge in [-0.3, -0.25) is 9.78 Å². The highest BCUT2D eigenvalue weighted by Crippen LogP contribution is 2.26. The Kier molecular flexibility index (Phi) is 3.99. The topological polar surface area (TPSA) is 42.0 Å². The van der Waals surface area contributed by atoms with Gasteiger partial charge in [0, 0.05) is 21.4 Å². The molecule has 3 nitrogen and oxygen atoms in total. The number of halogens is 2. The molecule has 0 aliphatic carbocycles. The maximum absolute atomic E-state index is 12.0. The Morgan fingerprint density at radius 1 is 1.33 bits per heavy atom. The number of carbonyl (C=O) groups excluding carboxylic acids is 1. The lowest BCUT2D eigenvalue weighted by Crippen LogP contribution is -2.12. The van der Waals surface area contributed by atoms with Crippen molar-refractivity contribution in [3.8, 4) is 0 Å². The van der Waals surface area contributed by atoms with Gasteiger partial charge in [0.15, 0.2) is 0 Å². The van der Waals surface area contributed by atoms with Gasteiger partial charge < -0.3 is 5.32 Å². The number of carbonyl (C=O) groups is 1. The lowest BCUT2D eigenvalue weighted by molar-refractivity contribution is 0.102. The predicted octanol–water partition coefficient (Wildman–Crippen LogP) is 4.06. The van der Waals surface area contributed by atoms with E-state index in [1.165, 1.54) is 0 Å². The maximum Gasteiger partial charge on any atom is 0.257 e. The monoisotopic (exact) mass is 324 g/mol. The fraction of sp³-hybridized carbons (Fsp3) is 0.0769. The molecule has 1 N–H and O–H groups in total. The van der Waals surface area contributed by atoms with Crippen LogP contribution in [0.3, 0.4) is 0 Å². The second kappa shape index (κ2) is 5.50. The van der Waals surface area contributed by atoms with Crippen LogP contribution in [0.1, 0.15) is 16.1 Å². The number of aromatic nitrogens is 1. The average Bonchev–Trinajstić information content (AvgIpc) is 2.33. The number of hydrogen-bond acceptors (Lipinski definition) is 2. The quantitative estimate of drug-likeness (QED) is 0.905. The second-order valence-corrected chi connectivity index (χ2v) is 5.06. The van der Waals surface area contributed by atoms with Crippen LogP contribution in [-0.4, -0.2) is 10.9 Å². The van der Waals surface area contributed by atoms with Gasteiger partial charge in [-0.1, -0.05) is 11.6 Å². The van der Waals surface area contributed by atoms with Gasteiger partial charge in [0.25, 0.3) is 5.91 Å². The Labute approximate surface area is 118 Å². The zero-order valence-corrected chi connectivity index (χ0v) is 11.9. The van der Waals surface area contributed by atoms with E-state index in [0.717, 1.165) is 10.2 Å². The minimum Gasteiger partial charge on any atom is -0.321 e. The molecule has 0 radical (unpaired) electrons.